The van der Waals surface area contributed by atoms with Crippen LogP contribution in [-0.2, 0) is 6.42 Å². The number of benzene rings is 1. The van der Waals surface area contributed by atoms with Crippen LogP contribution in [0.1, 0.15) is 50.8 Å². The topological polar surface area (TPSA) is 15.3 Å². The molecule has 0 fully saturated rings. The van der Waals surface area contributed by atoms with Crippen LogP contribution in [0.25, 0.3) is 0 Å². The van der Waals surface area contributed by atoms with E-state index < -0.39 is 0 Å². The molecule has 1 aromatic carbocycles. The minimum Gasteiger partial charge on any atom is -0.312 e. The number of rotatable bonds is 4. The minimum absolute atomic E-state index is 0.444. The Labute approximate surface area is 124 Å². The number of nitrogens with one attached hydrogen (secondary N) is 1. The quantitative estimate of drug-likeness (QED) is 0.844. The lowest BCUT2D eigenvalue weighted by Crippen LogP contribution is -2.47. The van der Waals surface area contributed by atoms with E-state index in [4.69, 9.17) is 0 Å². The summed E-state index contributed by atoms with van der Waals surface area (Å²) in [6.07, 6.45) is 3.78. The van der Waals surface area contributed by atoms with Crippen LogP contribution in [-0.4, -0.2) is 31.1 Å². The third-order valence-electron chi connectivity index (χ3n) is 5.16. The predicted octanol–water partition coefficient (Wildman–Crippen LogP) is 3.63. The standard InChI is InChI=1S/C18H30N2/c1-13(2)14(3)20(5)17-12-8-10-15-9-6-7-11-16(15)18(17)19-4/h6-7,9,11,13-14,17-19H,8,10,12H2,1-5H3. The van der Waals surface area contributed by atoms with Crippen molar-refractivity contribution in [3.05, 3.63) is 35.4 Å². The van der Waals surface area contributed by atoms with E-state index >= 15 is 0 Å². The highest BCUT2D eigenvalue weighted by molar-refractivity contribution is 5.32. The lowest BCUT2D eigenvalue weighted by atomic mass is 9.93. The maximum Gasteiger partial charge on any atom is 0.0478 e. The SMILES string of the molecule is CNC1c2ccccc2CCCC1N(C)C(C)C(C)C. The number of aryl methyl sites for hydroxylation is 1. The van der Waals surface area contributed by atoms with Crippen LogP contribution < -0.4 is 5.32 Å². The van der Waals surface area contributed by atoms with Crippen molar-refractivity contribution in [2.75, 3.05) is 14.1 Å². The Morgan fingerprint density at radius 1 is 1.20 bits per heavy atom. The number of fused-ring (bicyclic) bond motifs is 1. The molecule has 3 atom stereocenters. The molecule has 0 amide bonds. The van der Waals surface area contributed by atoms with Gasteiger partial charge in [0.05, 0.1) is 0 Å². The Hall–Kier alpha value is -0.860. The van der Waals surface area contributed by atoms with Gasteiger partial charge >= 0.3 is 0 Å². The molecule has 0 aliphatic heterocycles. The zero-order chi connectivity index (χ0) is 14.7. The van der Waals surface area contributed by atoms with E-state index in [-0.39, 0.29) is 0 Å². The molecule has 0 bridgehead atoms. The lowest BCUT2D eigenvalue weighted by molar-refractivity contribution is 0.114. The van der Waals surface area contributed by atoms with Crippen molar-refractivity contribution < 1.29 is 0 Å². The molecule has 2 heteroatoms. The van der Waals surface area contributed by atoms with E-state index in [1.807, 2.05) is 0 Å². The summed E-state index contributed by atoms with van der Waals surface area (Å²) in [5, 5.41) is 3.58. The molecule has 2 nitrogen and oxygen atoms in total. The molecule has 2 rings (SSSR count). The fourth-order valence-corrected chi connectivity index (χ4v) is 3.50. The molecule has 1 aliphatic carbocycles. The average Bonchev–Trinajstić information content (AvgIpc) is 2.64. The number of hydrogen-bond donors (Lipinski definition) is 1. The molecular formula is C18H30N2. The molecule has 0 saturated heterocycles. The molecule has 0 radical (unpaired) electrons. The first-order chi connectivity index (χ1) is 9.56. The highest BCUT2D eigenvalue weighted by Gasteiger charge is 2.31. The molecular weight excluding hydrogens is 244 g/mol. The summed E-state index contributed by atoms with van der Waals surface area (Å²) >= 11 is 0. The Kier molecular flexibility index (Phi) is 5.22. The monoisotopic (exact) mass is 274 g/mol. The maximum absolute atomic E-state index is 3.58. The fourth-order valence-electron chi connectivity index (χ4n) is 3.50. The summed E-state index contributed by atoms with van der Waals surface area (Å²) in [6, 6.07) is 10.6. The lowest BCUT2D eigenvalue weighted by Gasteiger charge is -2.39. The third-order valence-corrected chi connectivity index (χ3v) is 5.16. The van der Waals surface area contributed by atoms with Gasteiger partial charge in [-0.25, -0.2) is 0 Å². The van der Waals surface area contributed by atoms with Crippen molar-refractivity contribution in [2.24, 2.45) is 5.92 Å². The zero-order valence-corrected chi connectivity index (χ0v) is 13.7. The second kappa shape index (κ2) is 6.73. The highest BCUT2D eigenvalue weighted by Crippen LogP contribution is 2.32. The summed E-state index contributed by atoms with van der Waals surface area (Å²) in [5.74, 6) is 0.691. The Balaban J connectivity index is 2.30. The van der Waals surface area contributed by atoms with Gasteiger partial charge in [-0.3, -0.25) is 4.90 Å². The van der Waals surface area contributed by atoms with E-state index in [1.54, 1.807) is 0 Å². The van der Waals surface area contributed by atoms with E-state index in [1.165, 1.54) is 30.4 Å². The Morgan fingerprint density at radius 3 is 2.55 bits per heavy atom. The first-order valence-electron chi connectivity index (χ1n) is 8.03. The van der Waals surface area contributed by atoms with Crippen LogP contribution in [0.3, 0.4) is 0 Å². The molecule has 1 N–H and O–H groups in total. The van der Waals surface area contributed by atoms with Crippen LogP contribution in [0.15, 0.2) is 24.3 Å². The number of likely N-dealkylation sites (N-methyl/N-ethyl adjacent to an activating group) is 2. The van der Waals surface area contributed by atoms with Crippen molar-refractivity contribution in [1.29, 1.82) is 0 Å². The van der Waals surface area contributed by atoms with Gasteiger partial charge in [0.1, 0.15) is 0 Å². The first kappa shape index (κ1) is 15.5. The van der Waals surface area contributed by atoms with Crippen LogP contribution in [0.4, 0.5) is 0 Å². The summed E-state index contributed by atoms with van der Waals surface area (Å²) in [6.45, 7) is 6.99. The molecule has 112 valence electrons. The van der Waals surface area contributed by atoms with Gasteiger partial charge in [-0.2, -0.15) is 0 Å². The smallest absolute Gasteiger partial charge is 0.0478 e. The van der Waals surface area contributed by atoms with Gasteiger partial charge in [0, 0.05) is 18.1 Å². The molecule has 3 unspecified atom stereocenters. The van der Waals surface area contributed by atoms with Gasteiger partial charge < -0.3 is 5.32 Å². The molecule has 0 spiro atoms. The van der Waals surface area contributed by atoms with Crippen LogP contribution in [0.5, 0.6) is 0 Å². The molecule has 1 aromatic rings. The maximum atomic E-state index is 3.58. The van der Waals surface area contributed by atoms with E-state index in [0.29, 0.717) is 24.0 Å². The summed E-state index contributed by atoms with van der Waals surface area (Å²) in [7, 11) is 4.40. The zero-order valence-electron chi connectivity index (χ0n) is 13.7. The van der Waals surface area contributed by atoms with E-state index in [0.717, 1.165) is 0 Å². The van der Waals surface area contributed by atoms with Crippen LogP contribution >= 0.6 is 0 Å². The van der Waals surface area contributed by atoms with Gasteiger partial charge in [-0.1, -0.05) is 38.1 Å². The summed E-state index contributed by atoms with van der Waals surface area (Å²) in [4.78, 5) is 2.59. The Morgan fingerprint density at radius 2 is 1.90 bits per heavy atom. The van der Waals surface area contributed by atoms with Crippen molar-refractivity contribution in [3.8, 4) is 0 Å². The van der Waals surface area contributed by atoms with Gasteiger partial charge in [0.25, 0.3) is 0 Å². The molecule has 0 aromatic heterocycles. The van der Waals surface area contributed by atoms with Crippen LogP contribution in [0, 0.1) is 5.92 Å². The number of hydrogen-bond acceptors (Lipinski definition) is 2. The van der Waals surface area contributed by atoms with Crippen molar-refractivity contribution >= 4 is 0 Å². The summed E-state index contributed by atoms with van der Waals surface area (Å²) in [5.41, 5.74) is 3.03. The van der Waals surface area contributed by atoms with Crippen molar-refractivity contribution in [3.63, 3.8) is 0 Å². The molecule has 0 saturated carbocycles. The second-order valence-corrected chi connectivity index (χ2v) is 6.57. The second-order valence-electron chi connectivity index (χ2n) is 6.57. The number of nitrogens with zero attached hydrogens (tertiary/aromatic N) is 1. The van der Waals surface area contributed by atoms with E-state index in [2.05, 4.69) is 69.3 Å². The van der Waals surface area contributed by atoms with Crippen molar-refractivity contribution in [1.82, 2.24) is 10.2 Å². The van der Waals surface area contributed by atoms with E-state index in [9.17, 15) is 0 Å². The van der Waals surface area contributed by atoms with Gasteiger partial charge in [-0.15, -0.1) is 0 Å². The van der Waals surface area contributed by atoms with Gasteiger partial charge in [0.15, 0.2) is 0 Å². The largest absolute Gasteiger partial charge is 0.312 e. The fraction of sp³-hybridized carbons (Fsp3) is 0.667. The summed E-state index contributed by atoms with van der Waals surface area (Å²) < 4.78 is 0. The van der Waals surface area contributed by atoms with Gasteiger partial charge in [0.2, 0.25) is 0 Å². The normalized spacial score (nSPS) is 24.6. The molecule has 20 heavy (non-hydrogen) atoms. The van der Waals surface area contributed by atoms with Crippen LogP contribution in [0.2, 0.25) is 0 Å². The average molecular weight is 274 g/mol. The molecule has 0 heterocycles. The van der Waals surface area contributed by atoms with Gasteiger partial charge in [-0.05, 0) is 57.3 Å². The molecule has 1 aliphatic rings. The van der Waals surface area contributed by atoms with Crippen molar-refractivity contribution in [2.45, 2.75) is 58.2 Å². The third kappa shape index (κ3) is 3.07. The minimum atomic E-state index is 0.444. The Bertz CT molecular complexity index is 427. The first-order valence-corrected chi connectivity index (χ1v) is 8.03. The predicted molar refractivity (Wildman–Crippen MR) is 87.0 cm³/mol. The highest BCUT2D eigenvalue weighted by atomic mass is 15.2.